The Hall–Kier alpha value is -3.82. The topological polar surface area (TPSA) is 137 Å². The molecule has 1 aliphatic heterocycles. The van der Waals surface area contributed by atoms with Crippen LogP contribution in [0.5, 0.6) is 5.75 Å². The predicted molar refractivity (Wildman–Crippen MR) is 134 cm³/mol. The number of carbonyl (C=O) groups is 3. The van der Waals surface area contributed by atoms with Gasteiger partial charge in [-0.05, 0) is 56.4 Å². The third-order valence-corrected chi connectivity index (χ3v) is 6.73. The Kier molecular flexibility index (Phi) is 7.61. The van der Waals surface area contributed by atoms with Crippen LogP contribution in [0.3, 0.4) is 0 Å². The minimum atomic E-state index is -0.456. The summed E-state index contributed by atoms with van der Waals surface area (Å²) in [5.74, 6) is 0.647. The van der Waals surface area contributed by atoms with Gasteiger partial charge in [0.1, 0.15) is 24.1 Å². The number of ketones is 1. The molecule has 2 amide bonds. The molecule has 2 aromatic rings. The molecule has 190 valence electrons. The van der Waals surface area contributed by atoms with E-state index in [0.717, 1.165) is 12.8 Å². The van der Waals surface area contributed by atoms with Gasteiger partial charge in [0.2, 0.25) is 11.8 Å². The number of amides is 2. The first-order chi connectivity index (χ1) is 17.3. The first kappa shape index (κ1) is 25.3. The lowest BCUT2D eigenvalue weighted by molar-refractivity contribution is -0.138. The molecule has 4 atom stereocenters. The van der Waals surface area contributed by atoms with Crippen LogP contribution in [-0.4, -0.2) is 62.8 Å². The van der Waals surface area contributed by atoms with Gasteiger partial charge in [0.25, 0.3) is 0 Å². The molecule has 4 rings (SSSR count). The fourth-order valence-electron chi connectivity index (χ4n) is 4.47. The van der Waals surface area contributed by atoms with Crippen LogP contribution in [0.25, 0.3) is 0 Å². The van der Waals surface area contributed by atoms with E-state index in [1.54, 1.807) is 41.6 Å². The predicted octanol–water partition coefficient (Wildman–Crippen LogP) is 2.33. The van der Waals surface area contributed by atoms with Crippen molar-refractivity contribution in [3.8, 4) is 5.75 Å². The molecule has 10 nitrogen and oxygen atoms in total. The zero-order valence-electron chi connectivity index (χ0n) is 20.8. The highest BCUT2D eigenvalue weighted by Gasteiger charge is 2.55. The quantitative estimate of drug-likeness (QED) is 0.409. The number of anilines is 1. The van der Waals surface area contributed by atoms with Crippen LogP contribution in [0.2, 0.25) is 0 Å². The Morgan fingerprint density at radius 1 is 1.22 bits per heavy atom. The smallest absolute Gasteiger partial charge is 0.243 e. The number of benzene rings is 1. The molecular formula is C26H32N6O4. The van der Waals surface area contributed by atoms with Crippen LogP contribution in [0.1, 0.15) is 51.4 Å². The van der Waals surface area contributed by atoms with Crippen molar-refractivity contribution in [3.05, 3.63) is 48.0 Å². The van der Waals surface area contributed by atoms with Crippen molar-refractivity contribution >= 4 is 29.0 Å². The fourth-order valence-corrected chi connectivity index (χ4v) is 4.47. The third kappa shape index (κ3) is 5.69. The van der Waals surface area contributed by atoms with E-state index in [2.05, 4.69) is 20.6 Å². The maximum Gasteiger partial charge on any atom is 0.243 e. The lowest BCUT2D eigenvalue weighted by atomic mass is 10.0. The molecule has 10 heteroatoms. The minimum absolute atomic E-state index is 0.0490. The molecule has 0 unspecified atom stereocenters. The van der Waals surface area contributed by atoms with Crippen molar-refractivity contribution in [1.29, 1.82) is 5.41 Å². The molecule has 2 aliphatic rings. The molecule has 3 N–H and O–H groups in total. The van der Waals surface area contributed by atoms with E-state index < -0.39 is 11.8 Å². The van der Waals surface area contributed by atoms with Crippen molar-refractivity contribution in [2.75, 3.05) is 11.9 Å². The fraction of sp³-hybridized carbons (Fsp3) is 0.462. The standard InChI is InChI=1S/C26H32N6O4/c1-4-15(2)31-26(35)22-11-17-10-21(17)32(22)24(34)13-30-20-7-6-18(12-19(20)25(27)16(3)33)36-14-23-28-8-5-9-29-23/h5-9,12,15,17,21-22,27,30H,4,10-11,13-14H2,1-3H3,(H,31,35)/t15-,17-,21-,22+/m1/s1. The van der Waals surface area contributed by atoms with Gasteiger partial charge in [-0.3, -0.25) is 19.8 Å². The molecule has 1 aromatic heterocycles. The van der Waals surface area contributed by atoms with Crippen LogP contribution < -0.4 is 15.4 Å². The number of fused-ring (bicyclic) bond motifs is 1. The van der Waals surface area contributed by atoms with Crippen LogP contribution in [-0.2, 0) is 21.0 Å². The first-order valence-corrected chi connectivity index (χ1v) is 12.3. The molecule has 0 bridgehead atoms. The Bertz CT molecular complexity index is 1150. The SMILES string of the molecule is CC[C@@H](C)NC(=O)[C@@H]1C[C@H]2C[C@H]2N1C(=O)CNc1ccc(OCc2ncccn2)cc1C(=N)C(C)=O. The van der Waals surface area contributed by atoms with Gasteiger partial charge in [-0.25, -0.2) is 9.97 Å². The highest BCUT2D eigenvalue weighted by atomic mass is 16.5. The van der Waals surface area contributed by atoms with Crippen LogP contribution in [0.4, 0.5) is 5.69 Å². The highest BCUT2D eigenvalue weighted by Crippen LogP contribution is 2.47. The summed E-state index contributed by atoms with van der Waals surface area (Å²) in [6, 6.07) is 6.39. The second kappa shape index (κ2) is 10.8. The molecule has 2 fully saturated rings. The Morgan fingerprint density at radius 2 is 1.97 bits per heavy atom. The van der Waals surface area contributed by atoms with Crippen molar-refractivity contribution in [3.63, 3.8) is 0 Å². The molecule has 0 spiro atoms. The second-order valence-corrected chi connectivity index (χ2v) is 9.38. The van der Waals surface area contributed by atoms with E-state index in [1.807, 2.05) is 13.8 Å². The largest absolute Gasteiger partial charge is 0.486 e. The van der Waals surface area contributed by atoms with Gasteiger partial charge in [0, 0.05) is 42.7 Å². The van der Waals surface area contributed by atoms with Gasteiger partial charge >= 0.3 is 0 Å². The van der Waals surface area contributed by atoms with Gasteiger partial charge in [0.15, 0.2) is 11.6 Å². The van der Waals surface area contributed by atoms with Gasteiger partial charge in [-0.2, -0.15) is 0 Å². The number of Topliss-reactive ketones (excluding diaryl/α,β-unsaturated/α-hetero) is 1. The summed E-state index contributed by atoms with van der Waals surface area (Å²) in [7, 11) is 0. The zero-order valence-corrected chi connectivity index (χ0v) is 20.8. The van der Waals surface area contributed by atoms with Gasteiger partial charge in [-0.15, -0.1) is 0 Å². The molecule has 0 radical (unpaired) electrons. The lowest BCUT2D eigenvalue weighted by Gasteiger charge is -2.28. The zero-order chi connectivity index (χ0) is 25.8. The number of carbonyl (C=O) groups excluding carboxylic acids is 3. The van der Waals surface area contributed by atoms with Crippen molar-refractivity contribution in [2.45, 2.75) is 64.8 Å². The summed E-state index contributed by atoms with van der Waals surface area (Å²) < 4.78 is 5.74. The molecule has 1 aromatic carbocycles. The van der Waals surface area contributed by atoms with Crippen LogP contribution >= 0.6 is 0 Å². The summed E-state index contributed by atoms with van der Waals surface area (Å²) in [5, 5.41) is 14.3. The van der Waals surface area contributed by atoms with E-state index in [4.69, 9.17) is 10.1 Å². The Balaban J connectivity index is 1.44. The number of rotatable bonds is 11. The molecular weight excluding hydrogens is 460 g/mol. The van der Waals surface area contributed by atoms with E-state index in [1.165, 1.54) is 6.92 Å². The number of nitrogens with one attached hydrogen (secondary N) is 3. The number of aromatic nitrogens is 2. The van der Waals surface area contributed by atoms with E-state index >= 15 is 0 Å². The maximum atomic E-state index is 13.2. The highest BCUT2D eigenvalue weighted by molar-refractivity contribution is 6.45. The number of likely N-dealkylation sites (tertiary alicyclic amines) is 1. The van der Waals surface area contributed by atoms with Crippen LogP contribution in [0, 0.1) is 11.3 Å². The van der Waals surface area contributed by atoms with Crippen molar-refractivity contribution < 1.29 is 19.1 Å². The number of hydrogen-bond acceptors (Lipinski definition) is 8. The Labute approximate surface area is 210 Å². The molecule has 36 heavy (non-hydrogen) atoms. The minimum Gasteiger partial charge on any atom is -0.486 e. The van der Waals surface area contributed by atoms with Crippen LogP contribution in [0.15, 0.2) is 36.7 Å². The maximum absolute atomic E-state index is 13.2. The number of ether oxygens (including phenoxy) is 1. The average Bonchev–Trinajstić information content (AvgIpc) is 3.54. The normalized spacial score (nSPS) is 20.8. The summed E-state index contributed by atoms with van der Waals surface area (Å²) in [5.41, 5.74) is 0.609. The third-order valence-electron chi connectivity index (χ3n) is 6.73. The van der Waals surface area contributed by atoms with Gasteiger partial charge < -0.3 is 20.3 Å². The van der Waals surface area contributed by atoms with Gasteiger partial charge in [0.05, 0.1) is 6.54 Å². The molecule has 1 saturated heterocycles. The van der Waals surface area contributed by atoms with E-state index in [-0.39, 0.29) is 42.8 Å². The molecule has 1 saturated carbocycles. The van der Waals surface area contributed by atoms with Crippen molar-refractivity contribution in [2.24, 2.45) is 5.92 Å². The molecule has 1 aliphatic carbocycles. The summed E-state index contributed by atoms with van der Waals surface area (Å²) in [4.78, 5) is 47.9. The summed E-state index contributed by atoms with van der Waals surface area (Å²) in [6.45, 7) is 5.36. The number of hydrogen-bond donors (Lipinski definition) is 3. The van der Waals surface area contributed by atoms with E-state index in [9.17, 15) is 14.4 Å². The van der Waals surface area contributed by atoms with Crippen molar-refractivity contribution in [1.82, 2.24) is 20.2 Å². The first-order valence-electron chi connectivity index (χ1n) is 12.3. The number of nitrogens with zero attached hydrogens (tertiary/aromatic N) is 3. The summed E-state index contributed by atoms with van der Waals surface area (Å²) >= 11 is 0. The summed E-state index contributed by atoms with van der Waals surface area (Å²) in [6.07, 6.45) is 5.68. The number of piperidine rings is 1. The second-order valence-electron chi connectivity index (χ2n) is 9.38. The lowest BCUT2D eigenvalue weighted by Crippen LogP contribution is -2.51. The molecule has 2 heterocycles. The average molecular weight is 493 g/mol. The van der Waals surface area contributed by atoms with E-state index in [0.29, 0.717) is 35.2 Å². The van der Waals surface area contributed by atoms with Gasteiger partial charge in [-0.1, -0.05) is 6.92 Å². The Morgan fingerprint density at radius 3 is 2.67 bits per heavy atom. The monoisotopic (exact) mass is 492 g/mol.